The molecule has 1 N–H and O–H groups in total. The molecule has 17 heavy (non-hydrogen) atoms. The van der Waals surface area contributed by atoms with E-state index in [9.17, 15) is 0 Å². The fourth-order valence-corrected chi connectivity index (χ4v) is 2.14. The average Bonchev–Trinajstić information content (AvgIpc) is 3.09. The predicted octanol–water partition coefficient (Wildman–Crippen LogP) is 2.36. The first-order valence-electron chi connectivity index (χ1n) is 6.84. The van der Waals surface area contributed by atoms with Crippen molar-refractivity contribution in [2.45, 2.75) is 39.2 Å². The first-order valence-corrected chi connectivity index (χ1v) is 6.84. The molecule has 0 atom stereocenters. The number of hydrogen-bond acceptors (Lipinski definition) is 3. The number of nitrogens with zero attached hydrogens (tertiary/aromatic N) is 3. The van der Waals surface area contributed by atoms with Crippen LogP contribution in [-0.4, -0.2) is 40.6 Å². The van der Waals surface area contributed by atoms with Crippen LogP contribution in [0.15, 0.2) is 12.4 Å². The monoisotopic (exact) mass is 236 g/mol. The highest BCUT2D eigenvalue weighted by atomic mass is 15.2. The standard InChI is InChI=1S/C13H24N4/c1-3-16(4-2)10-5-8-14-13-15-9-11-17(13)12-6-7-12/h9,11-12H,3-8,10H2,1-2H3,(H,14,15). The predicted molar refractivity (Wildman–Crippen MR) is 71.4 cm³/mol. The number of imidazole rings is 1. The second-order valence-electron chi connectivity index (χ2n) is 4.70. The van der Waals surface area contributed by atoms with Crippen LogP contribution in [0.25, 0.3) is 0 Å². The summed E-state index contributed by atoms with van der Waals surface area (Å²) in [5, 5.41) is 3.44. The smallest absolute Gasteiger partial charge is 0.203 e. The second kappa shape index (κ2) is 6.05. The van der Waals surface area contributed by atoms with Gasteiger partial charge in [0.05, 0.1) is 0 Å². The molecule has 0 saturated heterocycles. The minimum absolute atomic E-state index is 0.711. The number of rotatable bonds is 8. The van der Waals surface area contributed by atoms with E-state index in [2.05, 4.69) is 39.8 Å². The van der Waals surface area contributed by atoms with Crippen LogP contribution in [0.5, 0.6) is 0 Å². The molecule has 1 aliphatic rings. The Labute approximate surface area is 104 Å². The van der Waals surface area contributed by atoms with Gasteiger partial charge in [-0.1, -0.05) is 13.8 Å². The van der Waals surface area contributed by atoms with Crippen LogP contribution in [-0.2, 0) is 0 Å². The minimum atomic E-state index is 0.711. The van der Waals surface area contributed by atoms with Crippen LogP contribution >= 0.6 is 0 Å². The van der Waals surface area contributed by atoms with Crippen LogP contribution in [0, 0.1) is 0 Å². The summed E-state index contributed by atoms with van der Waals surface area (Å²) in [5.74, 6) is 1.05. The normalized spacial score (nSPS) is 15.5. The summed E-state index contributed by atoms with van der Waals surface area (Å²) in [6, 6.07) is 0.711. The Balaban J connectivity index is 1.69. The van der Waals surface area contributed by atoms with Gasteiger partial charge in [-0.05, 0) is 38.9 Å². The van der Waals surface area contributed by atoms with Crippen molar-refractivity contribution in [3.63, 3.8) is 0 Å². The van der Waals surface area contributed by atoms with Crippen LogP contribution < -0.4 is 5.32 Å². The molecule has 1 saturated carbocycles. The van der Waals surface area contributed by atoms with Gasteiger partial charge in [-0.2, -0.15) is 0 Å². The fourth-order valence-electron chi connectivity index (χ4n) is 2.14. The summed E-state index contributed by atoms with van der Waals surface area (Å²) in [7, 11) is 0. The first-order chi connectivity index (χ1) is 8.35. The molecule has 2 rings (SSSR count). The lowest BCUT2D eigenvalue weighted by Crippen LogP contribution is -2.25. The second-order valence-corrected chi connectivity index (χ2v) is 4.70. The molecular weight excluding hydrogens is 212 g/mol. The van der Waals surface area contributed by atoms with E-state index in [4.69, 9.17) is 0 Å². The van der Waals surface area contributed by atoms with Crippen molar-refractivity contribution in [3.05, 3.63) is 12.4 Å². The van der Waals surface area contributed by atoms with Gasteiger partial charge in [-0.3, -0.25) is 0 Å². The van der Waals surface area contributed by atoms with Crippen molar-refractivity contribution >= 4 is 5.95 Å². The van der Waals surface area contributed by atoms with Gasteiger partial charge in [-0.25, -0.2) is 4.98 Å². The van der Waals surface area contributed by atoms with Crippen molar-refractivity contribution in [1.29, 1.82) is 0 Å². The molecule has 0 spiro atoms. The Kier molecular flexibility index (Phi) is 4.42. The summed E-state index contributed by atoms with van der Waals surface area (Å²) >= 11 is 0. The molecule has 1 aliphatic carbocycles. The zero-order chi connectivity index (χ0) is 12.1. The molecule has 0 bridgehead atoms. The summed E-state index contributed by atoms with van der Waals surface area (Å²) in [4.78, 5) is 6.83. The Morgan fingerprint density at radius 2 is 2.18 bits per heavy atom. The molecule has 0 radical (unpaired) electrons. The lowest BCUT2D eigenvalue weighted by molar-refractivity contribution is 0.303. The Bertz CT molecular complexity index is 326. The maximum atomic E-state index is 4.37. The summed E-state index contributed by atoms with van der Waals surface area (Å²) in [6.07, 6.45) is 7.78. The molecule has 1 heterocycles. The van der Waals surface area contributed by atoms with E-state index in [1.807, 2.05) is 6.20 Å². The Hall–Kier alpha value is -1.03. The van der Waals surface area contributed by atoms with E-state index < -0.39 is 0 Å². The molecule has 0 aromatic carbocycles. The van der Waals surface area contributed by atoms with Gasteiger partial charge >= 0.3 is 0 Å². The van der Waals surface area contributed by atoms with E-state index in [-0.39, 0.29) is 0 Å². The third kappa shape index (κ3) is 3.46. The first kappa shape index (κ1) is 12.4. The topological polar surface area (TPSA) is 33.1 Å². The molecule has 1 aromatic heterocycles. The minimum Gasteiger partial charge on any atom is -0.356 e. The van der Waals surface area contributed by atoms with E-state index in [1.165, 1.54) is 25.8 Å². The van der Waals surface area contributed by atoms with Gasteiger partial charge in [0.1, 0.15) is 0 Å². The fraction of sp³-hybridized carbons (Fsp3) is 0.769. The average molecular weight is 236 g/mol. The van der Waals surface area contributed by atoms with Crippen LogP contribution in [0.3, 0.4) is 0 Å². The highest BCUT2D eigenvalue weighted by molar-refractivity contribution is 5.27. The highest BCUT2D eigenvalue weighted by Gasteiger charge is 2.25. The summed E-state index contributed by atoms with van der Waals surface area (Å²) < 4.78 is 2.28. The molecule has 0 unspecified atom stereocenters. The van der Waals surface area contributed by atoms with E-state index >= 15 is 0 Å². The number of aromatic nitrogens is 2. The van der Waals surface area contributed by atoms with E-state index in [0.29, 0.717) is 6.04 Å². The van der Waals surface area contributed by atoms with Crippen LogP contribution in [0.1, 0.15) is 39.2 Å². The van der Waals surface area contributed by atoms with E-state index in [0.717, 1.165) is 25.6 Å². The van der Waals surface area contributed by atoms with Gasteiger partial charge in [0.25, 0.3) is 0 Å². The SMILES string of the molecule is CCN(CC)CCCNc1nccn1C1CC1. The Morgan fingerprint density at radius 1 is 1.41 bits per heavy atom. The van der Waals surface area contributed by atoms with Crippen LogP contribution in [0.4, 0.5) is 5.95 Å². The van der Waals surface area contributed by atoms with E-state index in [1.54, 1.807) is 0 Å². The van der Waals surface area contributed by atoms with Crippen molar-refractivity contribution < 1.29 is 0 Å². The number of anilines is 1. The van der Waals surface area contributed by atoms with Crippen molar-refractivity contribution in [2.24, 2.45) is 0 Å². The van der Waals surface area contributed by atoms with Gasteiger partial charge in [0.2, 0.25) is 5.95 Å². The zero-order valence-corrected chi connectivity index (χ0v) is 11.0. The molecule has 96 valence electrons. The zero-order valence-electron chi connectivity index (χ0n) is 11.0. The van der Waals surface area contributed by atoms with Gasteiger partial charge in [0.15, 0.2) is 0 Å². The number of hydrogen-bond donors (Lipinski definition) is 1. The lowest BCUT2D eigenvalue weighted by Gasteiger charge is -2.17. The molecule has 1 aromatic rings. The molecule has 0 amide bonds. The maximum Gasteiger partial charge on any atom is 0.203 e. The molecule has 0 aliphatic heterocycles. The quantitative estimate of drug-likeness (QED) is 0.703. The maximum absolute atomic E-state index is 4.37. The highest BCUT2D eigenvalue weighted by Crippen LogP contribution is 2.36. The van der Waals surface area contributed by atoms with Crippen molar-refractivity contribution in [1.82, 2.24) is 14.5 Å². The summed E-state index contributed by atoms with van der Waals surface area (Å²) in [5.41, 5.74) is 0. The third-order valence-corrected chi connectivity index (χ3v) is 3.44. The molecule has 1 fully saturated rings. The Morgan fingerprint density at radius 3 is 2.82 bits per heavy atom. The molecule has 4 nitrogen and oxygen atoms in total. The van der Waals surface area contributed by atoms with Gasteiger partial charge in [0, 0.05) is 25.0 Å². The molecule has 4 heteroatoms. The van der Waals surface area contributed by atoms with Crippen molar-refractivity contribution in [3.8, 4) is 0 Å². The lowest BCUT2D eigenvalue weighted by atomic mass is 10.3. The largest absolute Gasteiger partial charge is 0.356 e. The molecular formula is C13H24N4. The van der Waals surface area contributed by atoms with Gasteiger partial charge < -0.3 is 14.8 Å². The van der Waals surface area contributed by atoms with Gasteiger partial charge in [-0.15, -0.1) is 0 Å². The van der Waals surface area contributed by atoms with Crippen molar-refractivity contribution in [2.75, 3.05) is 31.5 Å². The third-order valence-electron chi connectivity index (χ3n) is 3.44. The number of nitrogens with one attached hydrogen (secondary N) is 1. The summed E-state index contributed by atoms with van der Waals surface area (Å²) in [6.45, 7) is 8.91. The van der Waals surface area contributed by atoms with Crippen LogP contribution in [0.2, 0.25) is 0 Å².